The Morgan fingerprint density at radius 3 is 3.09 bits per heavy atom. The van der Waals surface area contributed by atoms with Gasteiger partial charge in [-0.1, -0.05) is 18.2 Å². The van der Waals surface area contributed by atoms with Crippen LogP contribution in [0, 0.1) is 11.3 Å². The number of carbonyl (C=O) groups is 1. The quantitative estimate of drug-likeness (QED) is 0.944. The number of fused-ring (bicyclic) bond motifs is 1. The molecule has 1 aliphatic rings. The highest BCUT2D eigenvalue weighted by atomic mass is 32.1. The molecule has 0 radical (unpaired) electrons. The van der Waals surface area contributed by atoms with Crippen molar-refractivity contribution < 1.29 is 9.18 Å². The fourth-order valence-electron chi connectivity index (χ4n) is 2.88. The molecule has 2 heterocycles. The number of hydrogen-bond donors (Lipinski definition) is 1. The van der Waals surface area contributed by atoms with Crippen LogP contribution in [-0.2, 0) is 11.2 Å². The Balaban J connectivity index is 1.75. The fourth-order valence-corrected chi connectivity index (χ4v) is 3.85. The van der Waals surface area contributed by atoms with E-state index >= 15 is 0 Å². The summed E-state index contributed by atoms with van der Waals surface area (Å²) in [4.78, 5) is 13.7. The van der Waals surface area contributed by atoms with E-state index in [0.717, 1.165) is 15.6 Å². The molecule has 6 heteroatoms. The maximum absolute atomic E-state index is 13.4. The van der Waals surface area contributed by atoms with Crippen LogP contribution in [0.1, 0.15) is 12.0 Å². The summed E-state index contributed by atoms with van der Waals surface area (Å²) < 4.78 is 14.6. The molecular weight excluding hydrogens is 301 g/mol. The number of rotatable bonds is 3. The summed E-state index contributed by atoms with van der Waals surface area (Å²) in [5.41, 5.74) is 7.04. The first-order valence-corrected chi connectivity index (χ1v) is 8.03. The molecule has 1 saturated heterocycles. The maximum Gasteiger partial charge on any atom is 0.241 e. The Hall–Kier alpha value is -1.97. The van der Waals surface area contributed by atoms with E-state index in [0.29, 0.717) is 6.42 Å². The SMILES string of the molecule is N#CC1C[C@H](F)CN1C(=O)[C@@H](N)Cc1csc2ccccc12. The van der Waals surface area contributed by atoms with E-state index in [-0.39, 0.29) is 18.9 Å². The number of halogens is 1. The number of likely N-dealkylation sites (tertiary alicyclic amines) is 1. The first-order chi connectivity index (χ1) is 10.6. The van der Waals surface area contributed by atoms with Gasteiger partial charge < -0.3 is 10.6 Å². The summed E-state index contributed by atoms with van der Waals surface area (Å²) in [6, 6.07) is 8.48. The first-order valence-electron chi connectivity index (χ1n) is 7.15. The molecule has 0 aliphatic carbocycles. The molecule has 1 fully saturated rings. The standard InChI is InChI=1S/C16H16FN3OS/c17-11-6-12(7-18)20(8-11)16(21)14(19)5-10-9-22-15-4-2-1-3-13(10)15/h1-4,9,11-12,14H,5-6,8,19H2/t11-,12?,14-/m0/s1. The minimum atomic E-state index is -1.14. The van der Waals surface area contributed by atoms with Crippen molar-refractivity contribution in [1.82, 2.24) is 4.90 Å². The molecule has 1 amide bonds. The molecule has 1 unspecified atom stereocenters. The van der Waals surface area contributed by atoms with Crippen LogP contribution in [-0.4, -0.2) is 35.6 Å². The van der Waals surface area contributed by atoms with Crippen LogP contribution < -0.4 is 5.73 Å². The van der Waals surface area contributed by atoms with Crippen molar-refractivity contribution in [1.29, 1.82) is 5.26 Å². The number of nitrogens with two attached hydrogens (primary N) is 1. The second-order valence-electron chi connectivity index (χ2n) is 5.54. The van der Waals surface area contributed by atoms with Gasteiger partial charge in [0, 0.05) is 11.1 Å². The highest BCUT2D eigenvalue weighted by molar-refractivity contribution is 7.17. The number of nitrogens with zero attached hydrogens (tertiary/aromatic N) is 2. The Labute approximate surface area is 131 Å². The van der Waals surface area contributed by atoms with Gasteiger partial charge in [0.25, 0.3) is 0 Å². The molecule has 1 aliphatic heterocycles. The van der Waals surface area contributed by atoms with Crippen LogP contribution in [0.4, 0.5) is 4.39 Å². The third-order valence-corrected chi connectivity index (χ3v) is 5.01. The van der Waals surface area contributed by atoms with Crippen LogP contribution >= 0.6 is 11.3 Å². The molecule has 4 nitrogen and oxygen atoms in total. The van der Waals surface area contributed by atoms with Crippen molar-refractivity contribution in [2.24, 2.45) is 5.73 Å². The number of carbonyl (C=O) groups excluding carboxylic acids is 1. The van der Waals surface area contributed by atoms with Crippen molar-refractivity contribution in [3.8, 4) is 6.07 Å². The zero-order valence-corrected chi connectivity index (χ0v) is 12.7. The number of benzene rings is 1. The van der Waals surface area contributed by atoms with E-state index in [1.54, 1.807) is 11.3 Å². The number of amides is 1. The highest BCUT2D eigenvalue weighted by Gasteiger charge is 2.37. The highest BCUT2D eigenvalue weighted by Crippen LogP contribution is 2.27. The van der Waals surface area contributed by atoms with Crippen LogP contribution in [0.5, 0.6) is 0 Å². The van der Waals surface area contributed by atoms with Gasteiger partial charge in [0.05, 0.1) is 18.7 Å². The molecule has 2 N–H and O–H groups in total. The summed E-state index contributed by atoms with van der Waals surface area (Å²) in [5, 5.41) is 12.1. The summed E-state index contributed by atoms with van der Waals surface area (Å²) in [6.07, 6.45) is -0.659. The van der Waals surface area contributed by atoms with Gasteiger partial charge in [-0.05, 0) is 28.8 Å². The first kappa shape index (κ1) is 14.9. The second kappa shape index (κ2) is 6.03. The lowest BCUT2D eigenvalue weighted by molar-refractivity contribution is -0.132. The molecule has 0 spiro atoms. The number of nitriles is 1. The van der Waals surface area contributed by atoms with E-state index in [2.05, 4.69) is 0 Å². The smallest absolute Gasteiger partial charge is 0.241 e. The Bertz CT molecular complexity index is 738. The second-order valence-corrected chi connectivity index (χ2v) is 6.45. The zero-order valence-electron chi connectivity index (χ0n) is 11.9. The van der Waals surface area contributed by atoms with Gasteiger partial charge in [-0.2, -0.15) is 5.26 Å². The molecule has 2 aromatic rings. The third-order valence-electron chi connectivity index (χ3n) is 4.00. The predicted octanol–water partition coefficient (Wildman–Crippen LogP) is 2.23. The molecule has 0 saturated carbocycles. The average molecular weight is 317 g/mol. The minimum Gasteiger partial charge on any atom is -0.322 e. The summed E-state index contributed by atoms with van der Waals surface area (Å²) in [7, 11) is 0. The van der Waals surface area contributed by atoms with Gasteiger partial charge in [-0.15, -0.1) is 11.3 Å². The van der Waals surface area contributed by atoms with E-state index in [1.807, 2.05) is 35.7 Å². The number of thiophene rings is 1. The normalized spacial score (nSPS) is 22.7. The molecule has 0 bridgehead atoms. The van der Waals surface area contributed by atoms with Crippen LogP contribution in [0.15, 0.2) is 29.6 Å². The Morgan fingerprint density at radius 2 is 2.32 bits per heavy atom. The average Bonchev–Trinajstić information content (AvgIpc) is 3.10. The lowest BCUT2D eigenvalue weighted by atomic mass is 10.0. The van der Waals surface area contributed by atoms with E-state index in [9.17, 15) is 9.18 Å². The van der Waals surface area contributed by atoms with E-state index in [4.69, 9.17) is 11.0 Å². The van der Waals surface area contributed by atoms with Gasteiger partial charge >= 0.3 is 0 Å². The largest absolute Gasteiger partial charge is 0.322 e. The predicted molar refractivity (Wildman–Crippen MR) is 84.1 cm³/mol. The molecule has 1 aromatic carbocycles. The zero-order chi connectivity index (χ0) is 15.7. The molecule has 114 valence electrons. The van der Waals surface area contributed by atoms with Crippen molar-refractivity contribution >= 4 is 27.3 Å². The number of alkyl halides is 1. The van der Waals surface area contributed by atoms with E-state index < -0.39 is 18.3 Å². The van der Waals surface area contributed by atoms with Gasteiger partial charge in [0.2, 0.25) is 5.91 Å². The fraction of sp³-hybridized carbons (Fsp3) is 0.375. The van der Waals surface area contributed by atoms with Crippen molar-refractivity contribution in [3.63, 3.8) is 0 Å². The molecular formula is C16H16FN3OS. The lowest BCUT2D eigenvalue weighted by Crippen LogP contribution is -2.46. The molecule has 22 heavy (non-hydrogen) atoms. The summed E-state index contributed by atoms with van der Waals surface area (Å²) >= 11 is 1.61. The molecule has 3 rings (SSSR count). The van der Waals surface area contributed by atoms with Crippen LogP contribution in [0.3, 0.4) is 0 Å². The number of hydrogen-bond acceptors (Lipinski definition) is 4. The summed E-state index contributed by atoms with van der Waals surface area (Å²) in [6.45, 7) is -0.0326. The maximum atomic E-state index is 13.4. The van der Waals surface area contributed by atoms with Gasteiger partial charge in [0.1, 0.15) is 12.2 Å². The van der Waals surface area contributed by atoms with Crippen LogP contribution in [0.25, 0.3) is 10.1 Å². The summed E-state index contributed by atoms with van der Waals surface area (Å²) in [5.74, 6) is -0.345. The van der Waals surface area contributed by atoms with Gasteiger partial charge in [0.15, 0.2) is 0 Å². The third kappa shape index (κ3) is 2.70. The van der Waals surface area contributed by atoms with Crippen molar-refractivity contribution in [2.75, 3.05) is 6.54 Å². The van der Waals surface area contributed by atoms with Gasteiger partial charge in [-0.3, -0.25) is 4.79 Å². The molecule has 3 atom stereocenters. The Kier molecular flexibility index (Phi) is 4.10. The van der Waals surface area contributed by atoms with E-state index in [1.165, 1.54) is 4.90 Å². The molecule has 1 aromatic heterocycles. The van der Waals surface area contributed by atoms with Crippen molar-refractivity contribution in [2.45, 2.75) is 31.1 Å². The Morgan fingerprint density at radius 1 is 1.55 bits per heavy atom. The lowest BCUT2D eigenvalue weighted by Gasteiger charge is -2.23. The topological polar surface area (TPSA) is 70.1 Å². The van der Waals surface area contributed by atoms with Gasteiger partial charge in [-0.25, -0.2) is 4.39 Å². The van der Waals surface area contributed by atoms with Crippen molar-refractivity contribution in [3.05, 3.63) is 35.2 Å². The van der Waals surface area contributed by atoms with Crippen LogP contribution in [0.2, 0.25) is 0 Å². The monoisotopic (exact) mass is 317 g/mol. The minimum absolute atomic E-state index is 0.0326.